The molecule has 0 saturated heterocycles. The smallest absolute Gasteiger partial charge is 0.0830 e. The molecule has 0 amide bonds. The Morgan fingerprint density at radius 3 is 2.72 bits per heavy atom. The number of hydrogen-bond acceptors (Lipinski definition) is 3. The van der Waals surface area contributed by atoms with E-state index in [1.807, 2.05) is 37.5 Å². The average Bonchev–Trinajstić information content (AvgIpc) is 2.76. The Kier molecular flexibility index (Phi) is 4.33. The predicted molar refractivity (Wildman–Crippen MR) is 72.4 cm³/mol. The van der Waals surface area contributed by atoms with Crippen molar-refractivity contribution in [3.8, 4) is 0 Å². The summed E-state index contributed by atoms with van der Waals surface area (Å²) in [6.45, 7) is 0.613. The summed E-state index contributed by atoms with van der Waals surface area (Å²) < 4.78 is 1.71. The molecule has 1 unspecified atom stereocenters. The summed E-state index contributed by atoms with van der Waals surface area (Å²) in [5.74, 6) is 0.335. The quantitative estimate of drug-likeness (QED) is 0.896. The molecule has 1 aromatic carbocycles. The molecule has 1 heterocycles. The number of aromatic nitrogens is 3. The molecule has 0 fully saturated rings. The predicted octanol–water partition coefficient (Wildman–Crippen LogP) is 1.83. The zero-order valence-electron chi connectivity index (χ0n) is 10.4. The first-order valence-corrected chi connectivity index (χ1v) is 6.35. The summed E-state index contributed by atoms with van der Waals surface area (Å²) in [5, 5.41) is 8.82. The highest BCUT2D eigenvalue weighted by molar-refractivity contribution is 6.31. The van der Waals surface area contributed by atoms with Gasteiger partial charge in [0.25, 0.3) is 0 Å². The van der Waals surface area contributed by atoms with Crippen LogP contribution in [0.4, 0.5) is 0 Å². The molecule has 0 aliphatic carbocycles. The van der Waals surface area contributed by atoms with Crippen LogP contribution in [0.5, 0.6) is 0 Å². The van der Waals surface area contributed by atoms with Crippen molar-refractivity contribution in [2.75, 3.05) is 6.54 Å². The lowest BCUT2D eigenvalue weighted by Crippen LogP contribution is -2.19. The van der Waals surface area contributed by atoms with Crippen LogP contribution < -0.4 is 5.73 Å². The minimum Gasteiger partial charge on any atom is -0.330 e. The van der Waals surface area contributed by atoms with E-state index in [1.165, 1.54) is 0 Å². The summed E-state index contributed by atoms with van der Waals surface area (Å²) >= 11 is 6.16. The van der Waals surface area contributed by atoms with Crippen molar-refractivity contribution in [3.63, 3.8) is 0 Å². The molecule has 5 heteroatoms. The third kappa shape index (κ3) is 3.31. The molecule has 1 atom stereocenters. The topological polar surface area (TPSA) is 56.7 Å². The van der Waals surface area contributed by atoms with Crippen LogP contribution >= 0.6 is 11.6 Å². The fourth-order valence-corrected chi connectivity index (χ4v) is 2.21. The van der Waals surface area contributed by atoms with Crippen molar-refractivity contribution in [2.45, 2.75) is 12.8 Å². The number of nitrogens with two attached hydrogens (primary N) is 1. The van der Waals surface area contributed by atoms with Crippen LogP contribution in [0.1, 0.15) is 11.3 Å². The van der Waals surface area contributed by atoms with Gasteiger partial charge in [-0.15, -0.1) is 5.10 Å². The Labute approximate surface area is 112 Å². The number of halogens is 1. The van der Waals surface area contributed by atoms with Gasteiger partial charge in [0.2, 0.25) is 0 Å². The second-order valence-electron chi connectivity index (χ2n) is 4.48. The molecule has 96 valence electrons. The molecule has 1 aromatic heterocycles. The van der Waals surface area contributed by atoms with E-state index in [1.54, 1.807) is 4.68 Å². The van der Waals surface area contributed by atoms with Gasteiger partial charge < -0.3 is 5.73 Å². The Bertz CT molecular complexity index is 509. The van der Waals surface area contributed by atoms with E-state index in [-0.39, 0.29) is 0 Å². The van der Waals surface area contributed by atoms with E-state index >= 15 is 0 Å². The molecule has 2 rings (SSSR count). The van der Waals surface area contributed by atoms with E-state index in [4.69, 9.17) is 17.3 Å². The van der Waals surface area contributed by atoms with Gasteiger partial charge in [-0.1, -0.05) is 35.0 Å². The van der Waals surface area contributed by atoms with Crippen molar-refractivity contribution in [2.24, 2.45) is 18.7 Å². The number of hydrogen-bond donors (Lipinski definition) is 1. The minimum absolute atomic E-state index is 0.335. The molecule has 0 aliphatic rings. The van der Waals surface area contributed by atoms with Gasteiger partial charge >= 0.3 is 0 Å². The summed E-state index contributed by atoms with van der Waals surface area (Å²) in [7, 11) is 1.86. The molecular weight excluding hydrogens is 248 g/mol. The third-order valence-corrected chi connectivity index (χ3v) is 3.32. The van der Waals surface area contributed by atoms with E-state index in [0.717, 1.165) is 29.1 Å². The lowest BCUT2D eigenvalue weighted by molar-refractivity contribution is 0.526. The van der Waals surface area contributed by atoms with Crippen LogP contribution in [0.3, 0.4) is 0 Å². The van der Waals surface area contributed by atoms with Crippen LogP contribution in [0.25, 0.3) is 0 Å². The summed E-state index contributed by atoms with van der Waals surface area (Å²) in [6, 6.07) is 7.89. The third-order valence-electron chi connectivity index (χ3n) is 2.95. The maximum atomic E-state index is 6.16. The first-order valence-electron chi connectivity index (χ1n) is 5.97. The van der Waals surface area contributed by atoms with E-state index < -0.39 is 0 Å². The lowest BCUT2D eigenvalue weighted by Gasteiger charge is -2.14. The standard InChI is InChI=1S/C13H17ClN4/c1-18-9-12(16-17-18)7-10(8-15)6-11-4-2-3-5-13(11)14/h2-5,9-10H,6-8,15H2,1H3. The largest absolute Gasteiger partial charge is 0.330 e. The Morgan fingerprint density at radius 1 is 1.33 bits per heavy atom. The SMILES string of the molecule is Cn1cc(CC(CN)Cc2ccccc2Cl)nn1. The lowest BCUT2D eigenvalue weighted by atomic mass is 9.95. The summed E-state index contributed by atoms with van der Waals surface area (Å²) in [6.07, 6.45) is 3.62. The van der Waals surface area contributed by atoms with Crippen LogP contribution in [-0.2, 0) is 19.9 Å². The maximum Gasteiger partial charge on any atom is 0.0830 e. The molecule has 0 spiro atoms. The number of aryl methyl sites for hydroxylation is 1. The van der Waals surface area contributed by atoms with Gasteiger partial charge in [0.05, 0.1) is 5.69 Å². The first kappa shape index (κ1) is 13.1. The Morgan fingerprint density at radius 2 is 2.11 bits per heavy atom. The summed E-state index contributed by atoms with van der Waals surface area (Å²) in [5.41, 5.74) is 7.94. The molecule has 2 aromatic rings. The Balaban J connectivity index is 2.04. The highest BCUT2D eigenvalue weighted by Gasteiger charge is 2.12. The number of nitrogens with zero attached hydrogens (tertiary/aromatic N) is 3. The monoisotopic (exact) mass is 264 g/mol. The molecule has 0 aliphatic heterocycles. The van der Waals surface area contributed by atoms with Crippen LogP contribution in [0.2, 0.25) is 5.02 Å². The van der Waals surface area contributed by atoms with Crippen LogP contribution in [-0.4, -0.2) is 21.5 Å². The van der Waals surface area contributed by atoms with Crippen molar-refractivity contribution >= 4 is 11.6 Å². The highest BCUT2D eigenvalue weighted by Crippen LogP contribution is 2.20. The number of rotatable bonds is 5. The van der Waals surface area contributed by atoms with Gasteiger partial charge in [-0.2, -0.15) is 0 Å². The summed E-state index contributed by atoms with van der Waals surface area (Å²) in [4.78, 5) is 0. The second-order valence-corrected chi connectivity index (χ2v) is 4.89. The van der Waals surface area contributed by atoms with Gasteiger partial charge in [-0.05, 0) is 36.9 Å². The number of benzene rings is 1. The fraction of sp³-hybridized carbons (Fsp3) is 0.385. The second kappa shape index (κ2) is 5.98. The zero-order valence-corrected chi connectivity index (χ0v) is 11.1. The molecule has 0 radical (unpaired) electrons. The van der Waals surface area contributed by atoms with Crippen molar-refractivity contribution in [3.05, 3.63) is 46.7 Å². The molecule has 18 heavy (non-hydrogen) atoms. The van der Waals surface area contributed by atoms with Crippen molar-refractivity contribution < 1.29 is 0 Å². The normalized spacial score (nSPS) is 12.6. The maximum absolute atomic E-state index is 6.16. The molecule has 4 nitrogen and oxygen atoms in total. The van der Waals surface area contributed by atoms with Gasteiger partial charge in [0.15, 0.2) is 0 Å². The zero-order chi connectivity index (χ0) is 13.0. The highest BCUT2D eigenvalue weighted by atomic mass is 35.5. The molecular formula is C13H17ClN4. The fourth-order valence-electron chi connectivity index (χ4n) is 2.00. The first-order chi connectivity index (χ1) is 8.69. The van der Waals surface area contributed by atoms with Crippen LogP contribution in [0, 0.1) is 5.92 Å². The van der Waals surface area contributed by atoms with Gasteiger partial charge in [-0.25, -0.2) is 0 Å². The van der Waals surface area contributed by atoms with Crippen LogP contribution in [0.15, 0.2) is 30.5 Å². The van der Waals surface area contributed by atoms with Crippen molar-refractivity contribution in [1.82, 2.24) is 15.0 Å². The molecule has 2 N–H and O–H groups in total. The molecule has 0 saturated carbocycles. The van der Waals surface area contributed by atoms with E-state index in [0.29, 0.717) is 12.5 Å². The minimum atomic E-state index is 0.335. The average molecular weight is 265 g/mol. The Hall–Kier alpha value is -1.39. The van der Waals surface area contributed by atoms with Gasteiger partial charge in [-0.3, -0.25) is 4.68 Å². The van der Waals surface area contributed by atoms with Gasteiger partial charge in [0, 0.05) is 18.3 Å². The molecule has 0 bridgehead atoms. The van der Waals surface area contributed by atoms with Gasteiger partial charge in [0.1, 0.15) is 0 Å². The van der Waals surface area contributed by atoms with Crippen molar-refractivity contribution in [1.29, 1.82) is 0 Å². The van der Waals surface area contributed by atoms with E-state index in [9.17, 15) is 0 Å². The van der Waals surface area contributed by atoms with E-state index in [2.05, 4.69) is 10.3 Å².